The minimum absolute atomic E-state index is 0.0827. The van der Waals surface area contributed by atoms with Gasteiger partial charge in [0.15, 0.2) is 0 Å². The Morgan fingerprint density at radius 3 is 2.43 bits per heavy atom. The second-order valence-corrected chi connectivity index (χ2v) is 7.42. The fraction of sp³-hybridized carbons (Fsp3) is 0.909. The van der Waals surface area contributed by atoms with E-state index in [9.17, 15) is 26.4 Å². The number of hydrogen-bond acceptors (Lipinski definition) is 3. The fourth-order valence-corrected chi connectivity index (χ4v) is 3.46. The van der Waals surface area contributed by atoms with Gasteiger partial charge in [0.1, 0.15) is 6.54 Å². The molecule has 1 fully saturated rings. The van der Waals surface area contributed by atoms with Gasteiger partial charge in [0.25, 0.3) is 10.2 Å². The molecule has 6 nitrogen and oxygen atoms in total. The Balaban J connectivity index is 2.78. The van der Waals surface area contributed by atoms with E-state index < -0.39 is 40.2 Å². The summed E-state index contributed by atoms with van der Waals surface area (Å²) in [4.78, 5) is 11.2. The number of nitrogens with zero attached hydrogens (tertiary/aromatic N) is 1. The highest BCUT2D eigenvalue weighted by atomic mass is 32.2. The van der Waals surface area contributed by atoms with Crippen LogP contribution in [0.15, 0.2) is 0 Å². The van der Waals surface area contributed by atoms with Crippen LogP contribution in [0.4, 0.5) is 13.2 Å². The van der Waals surface area contributed by atoms with Gasteiger partial charge in [0.2, 0.25) is 0 Å². The molecule has 1 unspecified atom stereocenters. The van der Waals surface area contributed by atoms with Gasteiger partial charge in [-0.1, -0.05) is 0 Å². The first-order valence-electron chi connectivity index (χ1n) is 6.41. The number of aliphatic carboxylic acids is 1. The zero-order valence-corrected chi connectivity index (χ0v) is 12.6. The summed E-state index contributed by atoms with van der Waals surface area (Å²) in [5.74, 6) is -1.51. The zero-order chi connectivity index (χ0) is 16.5. The Bertz CT molecular complexity index is 490. The van der Waals surface area contributed by atoms with E-state index in [0.29, 0.717) is 12.8 Å². The van der Waals surface area contributed by atoms with Gasteiger partial charge in [-0.2, -0.15) is 30.6 Å². The first kappa shape index (κ1) is 18.2. The van der Waals surface area contributed by atoms with Crippen molar-refractivity contribution in [1.29, 1.82) is 0 Å². The van der Waals surface area contributed by atoms with E-state index in [4.69, 9.17) is 5.11 Å². The number of halogens is 3. The van der Waals surface area contributed by atoms with Crippen LogP contribution in [-0.4, -0.2) is 49.6 Å². The minimum atomic E-state index is -4.64. The van der Waals surface area contributed by atoms with Crippen molar-refractivity contribution < 1.29 is 31.5 Å². The van der Waals surface area contributed by atoms with Crippen molar-refractivity contribution in [1.82, 2.24) is 9.03 Å². The number of alkyl halides is 3. The highest BCUT2D eigenvalue weighted by Crippen LogP contribution is 2.34. The summed E-state index contributed by atoms with van der Waals surface area (Å²) >= 11 is 0. The molecule has 0 radical (unpaired) electrons. The fourth-order valence-electron chi connectivity index (χ4n) is 2.19. The second-order valence-electron chi connectivity index (χ2n) is 5.67. The van der Waals surface area contributed by atoms with Gasteiger partial charge in [0, 0.05) is 13.1 Å². The van der Waals surface area contributed by atoms with Crippen molar-refractivity contribution in [3.05, 3.63) is 0 Å². The molecule has 0 amide bonds. The summed E-state index contributed by atoms with van der Waals surface area (Å²) in [7, 11) is -4.27. The molecule has 0 aliphatic carbocycles. The predicted molar refractivity (Wildman–Crippen MR) is 68.7 cm³/mol. The SMILES string of the molecule is CC(C)(C(=O)O)C1CCCN(S(=O)(=O)NCC(F)(F)F)C1. The quantitative estimate of drug-likeness (QED) is 0.792. The summed E-state index contributed by atoms with van der Waals surface area (Å²) < 4.78 is 62.4. The van der Waals surface area contributed by atoms with Gasteiger partial charge in [-0.3, -0.25) is 4.79 Å². The zero-order valence-electron chi connectivity index (χ0n) is 11.8. The lowest BCUT2D eigenvalue weighted by Crippen LogP contribution is -2.51. The standard InChI is InChI=1S/C11H19F3N2O4S/c1-10(2,9(17)18)8-4-3-5-16(6-8)21(19,20)15-7-11(12,13)14/h8,15H,3-7H2,1-2H3,(H,17,18). The molecule has 1 atom stereocenters. The monoisotopic (exact) mass is 332 g/mol. The number of carbonyl (C=O) groups is 1. The molecule has 10 heteroatoms. The molecule has 0 saturated carbocycles. The van der Waals surface area contributed by atoms with Crippen LogP contribution < -0.4 is 4.72 Å². The number of piperidine rings is 1. The van der Waals surface area contributed by atoms with Gasteiger partial charge in [-0.15, -0.1) is 0 Å². The molecule has 1 saturated heterocycles. The van der Waals surface area contributed by atoms with E-state index >= 15 is 0 Å². The van der Waals surface area contributed by atoms with Gasteiger partial charge in [-0.25, -0.2) is 0 Å². The van der Waals surface area contributed by atoms with E-state index in [1.54, 1.807) is 0 Å². The van der Waals surface area contributed by atoms with Crippen LogP contribution in [0.3, 0.4) is 0 Å². The Morgan fingerprint density at radius 1 is 1.38 bits per heavy atom. The maximum Gasteiger partial charge on any atom is 0.402 e. The molecule has 0 aromatic heterocycles. The predicted octanol–water partition coefficient (Wildman–Crippen LogP) is 1.21. The summed E-state index contributed by atoms with van der Waals surface area (Å²) in [6.07, 6.45) is -3.71. The van der Waals surface area contributed by atoms with Gasteiger partial charge in [-0.05, 0) is 32.6 Å². The molecule has 124 valence electrons. The third kappa shape index (κ3) is 4.82. The van der Waals surface area contributed by atoms with Crippen molar-refractivity contribution in [3.63, 3.8) is 0 Å². The second kappa shape index (κ2) is 6.09. The number of nitrogens with one attached hydrogen (secondary N) is 1. The molecule has 0 spiro atoms. The third-order valence-corrected chi connectivity index (χ3v) is 5.27. The van der Waals surface area contributed by atoms with Crippen molar-refractivity contribution in [2.75, 3.05) is 19.6 Å². The van der Waals surface area contributed by atoms with Gasteiger partial charge < -0.3 is 5.11 Å². The van der Waals surface area contributed by atoms with Crippen LogP contribution in [0.25, 0.3) is 0 Å². The van der Waals surface area contributed by atoms with E-state index in [-0.39, 0.29) is 13.1 Å². The number of carboxylic acid groups (broad SMARTS) is 1. The van der Waals surface area contributed by atoms with E-state index in [0.717, 1.165) is 4.31 Å². The Morgan fingerprint density at radius 2 is 1.95 bits per heavy atom. The average Bonchev–Trinajstić information content (AvgIpc) is 2.36. The summed E-state index contributed by atoms with van der Waals surface area (Å²) in [5, 5.41) is 9.16. The average molecular weight is 332 g/mol. The highest BCUT2D eigenvalue weighted by molar-refractivity contribution is 7.87. The van der Waals surface area contributed by atoms with E-state index in [1.165, 1.54) is 18.6 Å². The molecule has 21 heavy (non-hydrogen) atoms. The lowest BCUT2D eigenvalue weighted by molar-refractivity contribution is -0.151. The first-order valence-corrected chi connectivity index (χ1v) is 7.85. The lowest BCUT2D eigenvalue weighted by atomic mass is 9.75. The summed E-state index contributed by atoms with van der Waals surface area (Å²) in [5.41, 5.74) is -1.14. The van der Waals surface area contributed by atoms with Gasteiger partial charge in [0.05, 0.1) is 5.41 Å². The van der Waals surface area contributed by atoms with Crippen LogP contribution >= 0.6 is 0 Å². The third-order valence-electron chi connectivity index (χ3n) is 3.75. The Labute approximate surface area is 121 Å². The maximum atomic E-state index is 12.1. The van der Waals surface area contributed by atoms with Crippen molar-refractivity contribution >= 4 is 16.2 Å². The van der Waals surface area contributed by atoms with Crippen LogP contribution in [0.1, 0.15) is 26.7 Å². The van der Waals surface area contributed by atoms with Crippen LogP contribution in [0.2, 0.25) is 0 Å². The first-order chi connectivity index (χ1) is 9.36. The van der Waals surface area contributed by atoms with Crippen LogP contribution in [-0.2, 0) is 15.0 Å². The molecule has 1 rings (SSSR count). The van der Waals surface area contributed by atoms with Crippen LogP contribution in [0.5, 0.6) is 0 Å². The molecule has 2 N–H and O–H groups in total. The molecular weight excluding hydrogens is 313 g/mol. The largest absolute Gasteiger partial charge is 0.481 e. The molecule has 1 aliphatic heterocycles. The number of carboxylic acids is 1. The van der Waals surface area contributed by atoms with E-state index in [2.05, 4.69) is 0 Å². The summed E-state index contributed by atoms with van der Waals surface area (Å²) in [6, 6.07) is 0. The molecule has 1 aliphatic rings. The van der Waals surface area contributed by atoms with Crippen molar-refractivity contribution in [3.8, 4) is 0 Å². The van der Waals surface area contributed by atoms with Gasteiger partial charge >= 0.3 is 12.1 Å². The normalized spacial score (nSPS) is 22.2. The Hall–Kier alpha value is -0.870. The minimum Gasteiger partial charge on any atom is -0.481 e. The van der Waals surface area contributed by atoms with Crippen molar-refractivity contribution in [2.45, 2.75) is 32.9 Å². The number of rotatable bonds is 5. The molecule has 1 heterocycles. The number of hydrogen-bond donors (Lipinski definition) is 2. The molecule has 0 bridgehead atoms. The topological polar surface area (TPSA) is 86.7 Å². The lowest BCUT2D eigenvalue weighted by Gasteiger charge is -2.38. The highest BCUT2D eigenvalue weighted by Gasteiger charge is 2.42. The molecule has 0 aromatic carbocycles. The molecular formula is C11H19F3N2O4S. The van der Waals surface area contributed by atoms with Crippen molar-refractivity contribution in [2.24, 2.45) is 11.3 Å². The smallest absolute Gasteiger partial charge is 0.402 e. The maximum absolute atomic E-state index is 12.1. The van der Waals surface area contributed by atoms with E-state index in [1.807, 2.05) is 0 Å². The molecule has 0 aromatic rings. The Kier molecular flexibility index (Phi) is 5.27. The summed E-state index contributed by atoms with van der Waals surface area (Å²) in [6.45, 7) is 1.31. The van der Waals surface area contributed by atoms with Crippen LogP contribution in [0, 0.1) is 11.3 Å².